The van der Waals surface area contributed by atoms with Crippen LogP contribution in [-0.4, -0.2) is 4.98 Å². The van der Waals surface area contributed by atoms with Gasteiger partial charge in [-0.3, -0.25) is 4.98 Å². The number of nitrogens with zero attached hydrogens (tertiary/aromatic N) is 1. The summed E-state index contributed by atoms with van der Waals surface area (Å²) in [5.74, 6) is 2.46. The molecular weight excluding hydrogens is 450 g/mol. The summed E-state index contributed by atoms with van der Waals surface area (Å²) >= 11 is 0. The summed E-state index contributed by atoms with van der Waals surface area (Å²) < 4.78 is 6.70. The van der Waals surface area contributed by atoms with Crippen LogP contribution in [0, 0.1) is 0 Å². The van der Waals surface area contributed by atoms with E-state index in [-0.39, 0.29) is 0 Å². The Morgan fingerprint density at radius 2 is 1.30 bits per heavy atom. The van der Waals surface area contributed by atoms with Crippen LogP contribution in [0.5, 0.6) is 11.5 Å². The second kappa shape index (κ2) is 9.37. The minimum absolute atomic E-state index is 0.690. The van der Waals surface area contributed by atoms with Gasteiger partial charge in [0.1, 0.15) is 11.5 Å². The fourth-order valence-electron chi connectivity index (χ4n) is 6.19. The lowest BCUT2D eigenvalue weighted by Crippen LogP contribution is -2.04. The first-order valence-electron chi connectivity index (χ1n) is 13.4. The summed E-state index contributed by atoms with van der Waals surface area (Å²) in [4.78, 5) is 4.54. The van der Waals surface area contributed by atoms with Crippen LogP contribution in [0.4, 0.5) is 0 Å². The second-order valence-electron chi connectivity index (χ2n) is 10.2. The van der Waals surface area contributed by atoms with E-state index >= 15 is 0 Å². The minimum atomic E-state index is 0.690. The third kappa shape index (κ3) is 3.94. The second-order valence-corrected chi connectivity index (χ2v) is 10.2. The van der Waals surface area contributed by atoms with Crippen molar-refractivity contribution in [2.75, 3.05) is 0 Å². The van der Waals surface area contributed by atoms with Crippen LogP contribution in [0.3, 0.4) is 0 Å². The Kier molecular flexibility index (Phi) is 5.59. The third-order valence-corrected chi connectivity index (χ3v) is 8.01. The van der Waals surface area contributed by atoms with E-state index in [9.17, 15) is 0 Å². The molecule has 7 rings (SSSR count). The van der Waals surface area contributed by atoms with Gasteiger partial charge in [-0.25, -0.2) is 0 Å². The number of ether oxygens (including phenoxy) is 1. The maximum Gasteiger partial charge on any atom is 0.143 e. The maximum absolute atomic E-state index is 6.70. The predicted molar refractivity (Wildman–Crippen MR) is 155 cm³/mol. The van der Waals surface area contributed by atoms with Gasteiger partial charge < -0.3 is 4.74 Å². The zero-order valence-corrected chi connectivity index (χ0v) is 20.9. The van der Waals surface area contributed by atoms with Crippen molar-refractivity contribution in [2.45, 2.75) is 38.0 Å². The summed E-state index contributed by atoms with van der Waals surface area (Å²) in [6.45, 7) is 0. The molecule has 0 amide bonds. The van der Waals surface area contributed by atoms with Crippen molar-refractivity contribution >= 4 is 32.3 Å². The molecule has 0 radical (unpaired) electrons. The van der Waals surface area contributed by atoms with E-state index in [4.69, 9.17) is 4.74 Å². The van der Waals surface area contributed by atoms with Gasteiger partial charge in [-0.2, -0.15) is 0 Å². The van der Waals surface area contributed by atoms with Crippen molar-refractivity contribution in [2.24, 2.45) is 0 Å². The zero-order chi connectivity index (χ0) is 24.6. The van der Waals surface area contributed by atoms with Crippen LogP contribution < -0.4 is 4.74 Å². The molecule has 5 aromatic carbocycles. The van der Waals surface area contributed by atoms with Gasteiger partial charge in [-0.05, 0) is 69.8 Å². The molecular formula is C35H29NO. The average Bonchev–Trinajstić information content (AvgIpc) is 2.98. The molecule has 1 aromatic heterocycles. The van der Waals surface area contributed by atoms with Crippen LogP contribution in [0.1, 0.15) is 43.6 Å². The molecule has 2 heteroatoms. The van der Waals surface area contributed by atoms with Gasteiger partial charge in [0.05, 0.1) is 0 Å². The van der Waals surface area contributed by atoms with E-state index < -0.39 is 0 Å². The standard InChI is InChI=1S/C35H29NO/c1-2-9-24(10-3-1)25-17-19-27(20-18-25)37-35-31-15-7-6-14-30(31)34(33-23-36-22-21-32(33)35)29-16-8-12-26-11-4-5-13-28(26)29/h4-8,11-24H,1-3,9-10H2. The maximum atomic E-state index is 6.70. The zero-order valence-electron chi connectivity index (χ0n) is 20.9. The molecule has 6 aromatic rings. The van der Waals surface area contributed by atoms with Crippen LogP contribution in [0.15, 0.2) is 109 Å². The van der Waals surface area contributed by atoms with Crippen molar-refractivity contribution in [1.29, 1.82) is 0 Å². The molecule has 0 spiro atoms. The highest BCUT2D eigenvalue weighted by molar-refractivity contribution is 6.19. The van der Waals surface area contributed by atoms with Gasteiger partial charge in [0.15, 0.2) is 0 Å². The van der Waals surface area contributed by atoms with E-state index in [1.54, 1.807) is 0 Å². The van der Waals surface area contributed by atoms with Gasteiger partial charge in [-0.1, -0.05) is 98.1 Å². The van der Waals surface area contributed by atoms with E-state index in [2.05, 4.69) is 102 Å². The number of benzene rings is 5. The molecule has 1 heterocycles. The Morgan fingerprint density at radius 1 is 0.595 bits per heavy atom. The first-order chi connectivity index (χ1) is 18.4. The topological polar surface area (TPSA) is 22.1 Å². The lowest BCUT2D eigenvalue weighted by molar-refractivity contribution is 0.442. The largest absolute Gasteiger partial charge is 0.456 e. The summed E-state index contributed by atoms with van der Waals surface area (Å²) in [5.41, 5.74) is 3.86. The molecule has 0 unspecified atom stereocenters. The van der Waals surface area contributed by atoms with E-state index in [0.29, 0.717) is 5.92 Å². The van der Waals surface area contributed by atoms with Crippen molar-refractivity contribution in [3.05, 3.63) is 115 Å². The third-order valence-electron chi connectivity index (χ3n) is 8.01. The van der Waals surface area contributed by atoms with Crippen LogP contribution in [0.2, 0.25) is 0 Å². The smallest absolute Gasteiger partial charge is 0.143 e. The van der Waals surface area contributed by atoms with E-state index in [1.807, 2.05) is 12.4 Å². The molecule has 1 fully saturated rings. The summed E-state index contributed by atoms with van der Waals surface area (Å²) in [6, 6.07) is 34.6. The molecule has 0 N–H and O–H groups in total. The average molecular weight is 480 g/mol. The lowest BCUT2D eigenvalue weighted by atomic mass is 9.84. The number of pyridine rings is 1. The molecule has 0 atom stereocenters. The monoisotopic (exact) mass is 479 g/mol. The van der Waals surface area contributed by atoms with Crippen molar-refractivity contribution in [3.63, 3.8) is 0 Å². The number of aromatic nitrogens is 1. The fraction of sp³-hybridized carbons (Fsp3) is 0.171. The Balaban J connectivity index is 1.40. The van der Waals surface area contributed by atoms with Crippen molar-refractivity contribution in [3.8, 4) is 22.6 Å². The molecule has 0 saturated heterocycles. The highest BCUT2D eigenvalue weighted by atomic mass is 16.5. The molecule has 180 valence electrons. The van der Waals surface area contributed by atoms with Gasteiger partial charge in [0, 0.05) is 28.6 Å². The molecule has 37 heavy (non-hydrogen) atoms. The molecule has 0 bridgehead atoms. The Morgan fingerprint density at radius 3 is 2.14 bits per heavy atom. The quantitative estimate of drug-likeness (QED) is 0.235. The Bertz CT molecular complexity index is 1670. The number of rotatable bonds is 4. The van der Waals surface area contributed by atoms with E-state index in [0.717, 1.165) is 27.7 Å². The minimum Gasteiger partial charge on any atom is -0.456 e. The predicted octanol–water partition coefficient (Wildman–Crippen LogP) is 10.0. The van der Waals surface area contributed by atoms with Crippen LogP contribution in [-0.2, 0) is 0 Å². The first-order valence-corrected chi connectivity index (χ1v) is 13.4. The highest BCUT2D eigenvalue weighted by Crippen LogP contribution is 2.46. The van der Waals surface area contributed by atoms with Crippen molar-refractivity contribution in [1.82, 2.24) is 4.98 Å². The molecule has 2 nitrogen and oxygen atoms in total. The Hall–Kier alpha value is -4.17. The fourth-order valence-corrected chi connectivity index (χ4v) is 6.19. The van der Waals surface area contributed by atoms with Crippen LogP contribution in [0.25, 0.3) is 43.4 Å². The molecule has 1 saturated carbocycles. The van der Waals surface area contributed by atoms with Gasteiger partial charge in [-0.15, -0.1) is 0 Å². The molecule has 1 aliphatic rings. The summed E-state index contributed by atoms with van der Waals surface area (Å²) in [5, 5.41) is 6.94. The normalized spacial score (nSPS) is 14.4. The molecule has 0 aliphatic heterocycles. The van der Waals surface area contributed by atoms with Gasteiger partial charge >= 0.3 is 0 Å². The lowest BCUT2D eigenvalue weighted by Gasteiger charge is -2.22. The summed E-state index contributed by atoms with van der Waals surface area (Å²) in [6.07, 6.45) is 10.5. The van der Waals surface area contributed by atoms with Gasteiger partial charge in [0.25, 0.3) is 0 Å². The highest BCUT2D eigenvalue weighted by Gasteiger charge is 2.19. The van der Waals surface area contributed by atoms with Crippen molar-refractivity contribution < 1.29 is 4.74 Å². The van der Waals surface area contributed by atoms with Gasteiger partial charge in [0.2, 0.25) is 0 Å². The number of hydrogen-bond donors (Lipinski definition) is 0. The SMILES string of the molecule is c1ccc2c(-c3c4ccccc4c(Oc4ccc(C5CCCCC5)cc4)c4ccncc34)cccc2c1. The summed E-state index contributed by atoms with van der Waals surface area (Å²) in [7, 11) is 0. The first kappa shape index (κ1) is 22.1. The Labute approximate surface area is 217 Å². The number of hydrogen-bond acceptors (Lipinski definition) is 2. The molecule has 1 aliphatic carbocycles. The number of fused-ring (bicyclic) bond motifs is 3. The van der Waals surface area contributed by atoms with Crippen LogP contribution >= 0.6 is 0 Å². The van der Waals surface area contributed by atoms with E-state index in [1.165, 1.54) is 65.0 Å².